The zero-order chi connectivity index (χ0) is 17.0. The molecular weight excluding hydrogens is 280 g/mol. The molecule has 1 aromatic carbocycles. The summed E-state index contributed by atoms with van der Waals surface area (Å²) in [4.78, 5) is 8.61. The van der Waals surface area contributed by atoms with E-state index < -0.39 is 0 Å². The van der Waals surface area contributed by atoms with Gasteiger partial charge in [0.25, 0.3) is 0 Å². The highest BCUT2D eigenvalue weighted by Crippen LogP contribution is 2.24. The molecule has 2 N–H and O–H groups in total. The Bertz CT molecular complexity index is 657. The van der Waals surface area contributed by atoms with Crippen molar-refractivity contribution in [2.45, 2.75) is 6.92 Å². The summed E-state index contributed by atoms with van der Waals surface area (Å²) in [6.07, 6.45) is 3.28. The van der Waals surface area contributed by atoms with E-state index in [-0.39, 0.29) is 0 Å². The van der Waals surface area contributed by atoms with E-state index in [9.17, 15) is 0 Å². The molecule has 0 saturated heterocycles. The molecule has 0 amide bonds. The molecule has 0 unspecified atom stereocenters. The molecule has 0 atom stereocenters. The summed E-state index contributed by atoms with van der Waals surface area (Å²) in [5.74, 6) is 6.50. The van der Waals surface area contributed by atoms with E-state index in [0.29, 0.717) is 11.6 Å². The van der Waals surface area contributed by atoms with Crippen LogP contribution in [0, 0.1) is 30.6 Å². The number of nitrogens with two attached hydrogens (primary N) is 1. The van der Waals surface area contributed by atoms with Crippen molar-refractivity contribution in [3.8, 4) is 30.3 Å². The third-order valence-electron chi connectivity index (χ3n) is 2.50. The fourth-order valence-electron chi connectivity index (χ4n) is 1.63. The number of hydrogen-bond donors (Lipinski definition) is 1. The van der Waals surface area contributed by atoms with Crippen LogP contribution < -0.4 is 10.6 Å². The van der Waals surface area contributed by atoms with Gasteiger partial charge >= 0.3 is 0 Å². The minimum absolute atomic E-state index is 0.671. The number of nitriles is 2. The Hall–Kier alpha value is -3.45. The lowest BCUT2D eigenvalue weighted by molar-refractivity contribution is 0.414. The predicted octanol–water partition coefficient (Wildman–Crippen LogP) is 2.03. The van der Waals surface area contributed by atoms with Crippen molar-refractivity contribution in [3.63, 3.8) is 0 Å². The molecule has 1 heterocycles. The minimum atomic E-state index is 0.671. The zero-order valence-electron chi connectivity index (χ0n) is 12.3. The molecule has 2 aromatic rings. The predicted molar refractivity (Wildman–Crippen MR) is 83.9 cm³/mol. The summed E-state index contributed by atoms with van der Waals surface area (Å²) in [6.45, 7) is 8.93. The fourth-order valence-corrected chi connectivity index (χ4v) is 1.63. The first-order valence-electron chi connectivity index (χ1n) is 5.97. The molecule has 7 heteroatoms. The molecule has 1 aromatic heterocycles. The van der Waals surface area contributed by atoms with E-state index in [1.54, 1.807) is 19.5 Å². The molecule has 22 heavy (non-hydrogen) atoms. The van der Waals surface area contributed by atoms with Gasteiger partial charge < -0.3 is 10.6 Å². The Balaban J connectivity index is 0.00000102. The fraction of sp³-hybridized carbons (Fsp3) is 0.133. The Morgan fingerprint density at radius 2 is 1.91 bits per heavy atom. The van der Waals surface area contributed by atoms with Gasteiger partial charge in [0.15, 0.2) is 5.82 Å². The van der Waals surface area contributed by atoms with Crippen LogP contribution in [0.15, 0.2) is 35.6 Å². The number of hydrogen-bond acceptors (Lipinski definition) is 7. The highest BCUT2D eigenvalue weighted by atomic mass is 16.5. The van der Waals surface area contributed by atoms with Crippen LogP contribution >= 0.6 is 0 Å². The van der Waals surface area contributed by atoms with Gasteiger partial charge in [-0.3, -0.25) is 0 Å². The first-order valence-corrected chi connectivity index (χ1v) is 5.97. The summed E-state index contributed by atoms with van der Waals surface area (Å²) in [5.41, 5.74) is 2.63. The number of aromatic nitrogens is 2. The van der Waals surface area contributed by atoms with Gasteiger partial charge in [0.2, 0.25) is 0 Å². The van der Waals surface area contributed by atoms with Crippen LogP contribution in [0.25, 0.3) is 11.4 Å². The van der Waals surface area contributed by atoms with Crippen LogP contribution in [0.2, 0.25) is 0 Å². The largest absolute Gasteiger partial charge is 0.496 e. The van der Waals surface area contributed by atoms with E-state index in [0.717, 1.165) is 16.8 Å². The number of rotatable bonds is 3. The van der Waals surface area contributed by atoms with Crippen molar-refractivity contribution in [2.24, 2.45) is 10.9 Å². The summed E-state index contributed by atoms with van der Waals surface area (Å²) in [6, 6.07) is 7.51. The second-order valence-corrected chi connectivity index (χ2v) is 3.76. The normalized spacial score (nSPS) is 9.00. The summed E-state index contributed by atoms with van der Waals surface area (Å²) < 4.78 is 5.29. The SMILES string of the molecule is C#N.C#N.COc1cc(-c2nccc(C)n2)ccc1C=NN. The molecular formula is C15H16N6O. The van der Waals surface area contributed by atoms with Crippen molar-refractivity contribution >= 4 is 6.21 Å². The zero-order valence-corrected chi connectivity index (χ0v) is 12.3. The quantitative estimate of drug-likeness (QED) is 0.525. The molecule has 0 spiro atoms. The number of benzene rings is 1. The van der Waals surface area contributed by atoms with Crippen molar-refractivity contribution in [2.75, 3.05) is 7.11 Å². The van der Waals surface area contributed by atoms with E-state index >= 15 is 0 Å². The van der Waals surface area contributed by atoms with E-state index in [1.165, 1.54) is 0 Å². The van der Waals surface area contributed by atoms with Gasteiger partial charge in [0.1, 0.15) is 5.75 Å². The number of methoxy groups -OCH3 is 1. The first kappa shape index (κ1) is 18.6. The van der Waals surface area contributed by atoms with Crippen molar-refractivity contribution in [1.29, 1.82) is 10.5 Å². The van der Waals surface area contributed by atoms with Gasteiger partial charge in [0, 0.05) is 36.2 Å². The third kappa shape index (κ3) is 4.91. The van der Waals surface area contributed by atoms with Crippen molar-refractivity contribution in [1.82, 2.24) is 9.97 Å². The number of nitrogens with zero attached hydrogens (tertiary/aromatic N) is 5. The van der Waals surface area contributed by atoms with Crippen LogP contribution in [0.4, 0.5) is 0 Å². The summed E-state index contributed by atoms with van der Waals surface area (Å²) in [5, 5.41) is 16.5. The highest BCUT2D eigenvalue weighted by Gasteiger charge is 2.06. The Labute approximate surface area is 129 Å². The molecule has 0 aliphatic carbocycles. The maximum atomic E-state index is 6.50. The molecule has 2 rings (SSSR count). The van der Waals surface area contributed by atoms with Crippen LogP contribution in [0.3, 0.4) is 0 Å². The van der Waals surface area contributed by atoms with Crippen LogP contribution in [-0.2, 0) is 0 Å². The van der Waals surface area contributed by atoms with Gasteiger partial charge in [-0.25, -0.2) is 20.5 Å². The molecule has 0 saturated carbocycles. The molecule has 112 valence electrons. The van der Waals surface area contributed by atoms with Crippen LogP contribution in [0.1, 0.15) is 11.3 Å². The van der Waals surface area contributed by atoms with Gasteiger partial charge in [-0.15, -0.1) is 0 Å². The average Bonchev–Trinajstić information content (AvgIpc) is 2.59. The second kappa shape index (κ2) is 10.4. The Morgan fingerprint density at radius 3 is 2.45 bits per heavy atom. The Morgan fingerprint density at radius 1 is 1.23 bits per heavy atom. The maximum absolute atomic E-state index is 6.50. The molecule has 0 radical (unpaired) electrons. The number of aryl methyl sites for hydroxylation is 1. The summed E-state index contributed by atoms with van der Waals surface area (Å²) in [7, 11) is 1.60. The van der Waals surface area contributed by atoms with Gasteiger partial charge in [0.05, 0.1) is 13.3 Å². The van der Waals surface area contributed by atoms with Crippen LogP contribution in [-0.4, -0.2) is 23.3 Å². The average molecular weight is 296 g/mol. The van der Waals surface area contributed by atoms with E-state index in [4.69, 9.17) is 21.1 Å². The van der Waals surface area contributed by atoms with Crippen molar-refractivity contribution < 1.29 is 4.74 Å². The van der Waals surface area contributed by atoms with Gasteiger partial charge in [-0.1, -0.05) is 6.07 Å². The standard InChI is InChI=1S/C13H14N4O.2CHN/c1-9-5-6-15-13(17-9)10-3-4-11(8-16-14)12(7-10)18-2;2*1-2/h3-8H,14H2,1-2H3;2*1H. The lowest BCUT2D eigenvalue weighted by Gasteiger charge is -2.07. The minimum Gasteiger partial charge on any atom is -0.496 e. The van der Waals surface area contributed by atoms with E-state index in [1.807, 2.05) is 31.2 Å². The lowest BCUT2D eigenvalue weighted by atomic mass is 10.1. The van der Waals surface area contributed by atoms with E-state index in [2.05, 4.69) is 28.2 Å². The highest BCUT2D eigenvalue weighted by molar-refractivity contribution is 5.84. The van der Waals surface area contributed by atoms with Gasteiger partial charge in [-0.05, 0) is 25.1 Å². The number of hydrazone groups is 1. The van der Waals surface area contributed by atoms with Crippen LogP contribution in [0.5, 0.6) is 5.75 Å². The molecule has 0 aliphatic rings. The topological polar surface area (TPSA) is 121 Å². The Kier molecular flexibility index (Phi) is 8.73. The third-order valence-corrected chi connectivity index (χ3v) is 2.50. The number of ether oxygens (including phenoxy) is 1. The van der Waals surface area contributed by atoms with Gasteiger partial charge in [-0.2, -0.15) is 5.10 Å². The molecule has 7 nitrogen and oxygen atoms in total. The summed E-state index contributed by atoms with van der Waals surface area (Å²) >= 11 is 0. The molecule has 0 bridgehead atoms. The van der Waals surface area contributed by atoms with Crippen molar-refractivity contribution in [3.05, 3.63) is 41.7 Å². The first-order chi connectivity index (χ1) is 10.7. The lowest BCUT2D eigenvalue weighted by Crippen LogP contribution is -1.95. The maximum Gasteiger partial charge on any atom is 0.159 e. The molecule has 0 fully saturated rings. The molecule has 0 aliphatic heterocycles. The second-order valence-electron chi connectivity index (χ2n) is 3.76. The monoisotopic (exact) mass is 296 g/mol. The smallest absolute Gasteiger partial charge is 0.159 e.